The van der Waals surface area contributed by atoms with E-state index in [-0.39, 0.29) is 19.1 Å². The van der Waals surface area contributed by atoms with Crippen molar-refractivity contribution in [3.05, 3.63) is 24.3 Å². The molecular weight excluding hydrogens is 804 g/mol. The van der Waals surface area contributed by atoms with Crippen LogP contribution in [0.3, 0.4) is 0 Å². The van der Waals surface area contributed by atoms with Gasteiger partial charge in [-0.3, -0.25) is 9.36 Å². The van der Waals surface area contributed by atoms with Gasteiger partial charge in [0.1, 0.15) is 13.2 Å². The second kappa shape index (κ2) is 46.1. The third-order valence-corrected chi connectivity index (χ3v) is 13.4. The lowest BCUT2D eigenvalue weighted by Crippen LogP contribution is -2.46. The van der Waals surface area contributed by atoms with Gasteiger partial charge in [-0.05, 0) is 44.9 Å². The van der Waals surface area contributed by atoms with E-state index in [2.05, 4.69) is 43.5 Å². The molecule has 0 aliphatic rings. The molecule has 0 spiro atoms. The molecule has 63 heavy (non-hydrogen) atoms. The summed E-state index contributed by atoms with van der Waals surface area (Å²) in [6.45, 7) is 4.72. The van der Waals surface area contributed by atoms with Crippen LogP contribution in [0.25, 0.3) is 0 Å². The first-order valence-corrected chi connectivity index (χ1v) is 28.6. The first kappa shape index (κ1) is 62.0. The van der Waals surface area contributed by atoms with Crippen LogP contribution in [0.15, 0.2) is 24.3 Å². The number of nitrogens with one attached hydrogen (secondary N) is 1. The number of carbonyl (C=O) groups is 1. The lowest BCUT2D eigenvalue weighted by Gasteiger charge is -2.30. The van der Waals surface area contributed by atoms with Gasteiger partial charge in [0.15, 0.2) is 0 Å². The number of amides is 1. The summed E-state index contributed by atoms with van der Waals surface area (Å²) in [5.74, 6) is -0.164. The van der Waals surface area contributed by atoms with Crippen LogP contribution in [0.4, 0.5) is 0 Å². The number of unbranched alkanes of at least 4 members (excludes halogenated alkanes) is 33. The van der Waals surface area contributed by atoms with Gasteiger partial charge in [0.2, 0.25) is 5.91 Å². The lowest BCUT2D eigenvalue weighted by molar-refractivity contribution is -0.870. The van der Waals surface area contributed by atoms with Crippen LogP contribution in [-0.2, 0) is 18.4 Å². The number of hydrogen-bond donors (Lipinski definition) is 2. The van der Waals surface area contributed by atoms with Crippen LogP contribution in [0.2, 0.25) is 0 Å². The van der Waals surface area contributed by atoms with Crippen LogP contribution in [-0.4, -0.2) is 68.5 Å². The molecule has 2 N–H and O–H groups in total. The maximum Gasteiger partial charge on any atom is 0.268 e. The minimum atomic E-state index is -4.56. The van der Waals surface area contributed by atoms with Crippen molar-refractivity contribution in [2.24, 2.45) is 0 Å². The lowest BCUT2D eigenvalue weighted by atomic mass is 10.0. The van der Waals surface area contributed by atoms with Crippen molar-refractivity contribution in [2.45, 2.75) is 276 Å². The van der Waals surface area contributed by atoms with E-state index in [4.69, 9.17) is 9.05 Å². The molecule has 1 amide bonds. The summed E-state index contributed by atoms with van der Waals surface area (Å²) in [7, 11) is 1.31. The fourth-order valence-electron chi connectivity index (χ4n) is 8.13. The highest BCUT2D eigenvalue weighted by molar-refractivity contribution is 7.45. The molecule has 0 fully saturated rings. The van der Waals surface area contributed by atoms with E-state index >= 15 is 0 Å². The average Bonchev–Trinajstić information content (AvgIpc) is 3.24. The number of rotatable bonds is 50. The van der Waals surface area contributed by atoms with Crippen molar-refractivity contribution in [2.75, 3.05) is 40.9 Å². The number of aliphatic hydroxyl groups is 1. The highest BCUT2D eigenvalue weighted by Crippen LogP contribution is 2.38. The van der Waals surface area contributed by atoms with Crippen molar-refractivity contribution in [1.29, 1.82) is 0 Å². The van der Waals surface area contributed by atoms with Gasteiger partial charge in [-0.1, -0.05) is 237 Å². The van der Waals surface area contributed by atoms with Gasteiger partial charge in [-0.2, -0.15) is 0 Å². The third kappa shape index (κ3) is 48.7. The Morgan fingerprint density at radius 2 is 0.921 bits per heavy atom. The van der Waals surface area contributed by atoms with Gasteiger partial charge >= 0.3 is 0 Å². The molecule has 0 saturated heterocycles. The molecule has 0 saturated carbocycles. The number of hydrogen-bond acceptors (Lipinski definition) is 6. The molecule has 8 nitrogen and oxygen atoms in total. The van der Waals surface area contributed by atoms with Crippen molar-refractivity contribution in [3.63, 3.8) is 0 Å². The van der Waals surface area contributed by atoms with Gasteiger partial charge in [-0.15, -0.1) is 0 Å². The van der Waals surface area contributed by atoms with E-state index < -0.39 is 20.0 Å². The van der Waals surface area contributed by atoms with Gasteiger partial charge in [0, 0.05) is 6.42 Å². The summed E-state index contributed by atoms with van der Waals surface area (Å²) in [6, 6.07) is -0.797. The normalized spacial score (nSPS) is 14.2. The molecule has 374 valence electrons. The Kier molecular flexibility index (Phi) is 45.4. The summed E-state index contributed by atoms with van der Waals surface area (Å²) in [4.78, 5) is 25.4. The molecule has 0 bridgehead atoms. The molecule has 0 radical (unpaired) electrons. The first-order chi connectivity index (χ1) is 30.5. The summed E-state index contributed by atoms with van der Waals surface area (Å²) >= 11 is 0. The number of carbonyl (C=O) groups excluding carboxylic acids is 1. The third-order valence-electron chi connectivity index (χ3n) is 12.4. The monoisotopic (exact) mass is 911 g/mol. The smallest absolute Gasteiger partial charge is 0.268 e. The zero-order chi connectivity index (χ0) is 46.4. The Morgan fingerprint density at radius 1 is 0.556 bits per heavy atom. The fourth-order valence-corrected chi connectivity index (χ4v) is 8.85. The number of phosphoric acid groups is 1. The molecule has 0 aromatic heterocycles. The zero-order valence-corrected chi connectivity index (χ0v) is 43.4. The molecule has 0 heterocycles. The predicted octanol–water partition coefficient (Wildman–Crippen LogP) is 15.4. The van der Waals surface area contributed by atoms with Crippen molar-refractivity contribution < 1.29 is 32.9 Å². The van der Waals surface area contributed by atoms with E-state index in [9.17, 15) is 19.4 Å². The van der Waals surface area contributed by atoms with Crippen molar-refractivity contribution >= 4 is 13.7 Å². The number of likely N-dealkylation sites (N-methyl/N-ethyl adjacent to an activating group) is 1. The quantitative estimate of drug-likeness (QED) is 0.0272. The molecule has 3 atom stereocenters. The van der Waals surface area contributed by atoms with Crippen LogP contribution in [0.5, 0.6) is 0 Å². The number of aliphatic hydroxyl groups excluding tert-OH is 1. The van der Waals surface area contributed by atoms with Gasteiger partial charge in [0.25, 0.3) is 7.82 Å². The number of allylic oxidation sites excluding steroid dienone is 4. The fraction of sp³-hybridized carbons (Fsp3) is 0.907. The maximum atomic E-state index is 12.9. The summed E-state index contributed by atoms with van der Waals surface area (Å²) in [5.41, 5.74) is 0. The van der Waals surface area contributed by atoms with E-state index in [1.54, 1.807) is 0 Å². The van der Waals surface area contributed by atoms with Gasteiger partial charge in [0.05, 0.1) is 39.9 Å². The Morgan fingerprint density at radius 3 is 1.32 bits per heavy atom. The number of phosphoric ester groups is 1. The zero-order valence-electron chi connectivity index (χ0n) is 42.5. The second-order valence-electron chi connectivity index (χ2n) is 19.9. The van der Waals surface area contributed by atoms with Crippen molar-refractivity contribution in [3.8, 4) is 0 Å². The molecule has 3 unspecified atom stereocenters. The van der Waals surface area contributed by atoms with E-state index in [0.29, 0.717) is 23.9 Å². The second-order valence-corrected chi connectivity index (χ2v) is 21.4. The highest BCUT2D eigenvalue weighted by Gasteiger charge is 2.24. The van der Waals surface area contributed by atoms with Crippen LogP contribution in [0.1, 0.15) is 264 Å². The minimum absolute atomic E-state index is 0.0135. The molecular formula is C54H107N2O6P. The average molecular weight is 911 g/mol. The Hall–Kier alpha value is -1.02. The Balaban J connectivity index is 3.97. The van der Waals surface area contributed by atoms with E-state index in [1.807, 2.05) is 21.1 Å². The van der Waals surface area contributed by atoms with Crippen molar-refractivity contribution in [1.82, 2.24) is 5.32 Å². The van der Waals surface area contributed by atoms with E-state index in [1.165, 1.54) is 193 Å². The minimum Gasteiger partial charge on any atom is -0.756 e. The number of nitrogens with zero attached hydrogens (tertiary/aromatic N) is 1. The summed E-state index contributed by atoms with van der Waals surface area (Å²) in [5, 5.41) is 13.9. The van der Waals surface area contributed by atoms with Gasteiger partial charge < -0.3 is 28.8 Å². The molecule has 9 heteroatoms. The molecule has 0 aliphatic heterocycles. The summed E-state index contributed by atoms with van der Waals surface area (Å²) in [6.07, 6.45) is 56.5. The molecule has 0 aliphatic carbocycles. The Labute approximate surface area is 392 Å². The molecule has 0 aromatic carbocycles. The molecule has 0 rings (SSSR count). The Bertz CT molecular complexity index is 1080. The molecule has 0 aromatic rings. The first-order valence-electron chi connectivity index (χ1n) is 27.2. The summed E-state index contributed by atoms with van der Waals surface area (Å²) < 4.78 is 23.3. The van der Waals surface area contributed by atoms with Gasteiger partial charge in [-0.25, -0.2) is 0 Å². The SMILES string of the molecule is CCCCCCCCCCC/C=C\C/C=C\CCCCCCCCCCCCCCCCCC(=O)NC(COP(=O)([O-])OCC[N+](C)(C)C)C(O)CCCCCCCCCCCC. The topological polar surface area (TPSA) is 108 Å². The van der Waals surface area contributed by atoms with Crippen LogP contribution < -0.4 is 10.2 Å². The number of quaternary nitrogens is 1. The highest BCUT2D eigenvalue weighted by atomic mass is 31.2. The van der Waals surface area contributed by atoms with Crippen LogP contribution in [0, 0.1) is 0 Å². The predicted molar refractivity (Wildman–Crippen MR) is 270 cm³/mol. The largest absolute Gasteiger partial charge is 0.756 e. The van der Waals surface area contributed by atoms with Crippen LogP contribution >= 0.6 is 7.82 Å². The van der Waals surface area contributed by atoms with E-state index in [0.717, 1.165) is 44.9 Å². The standard InChI is InChI=1S/C54H107N2O6P/c1-6-8-10-12-14-16-18-19-20-21-22-23-24-25-26-27-28-29-30-31-32-33-34-35-36-37-38-40-42-44-46-48-54(58)55-52(51-62-63(59,60)61-50-49-56(3,4)5)53(57)47-45-43-41-39-17-15-13-11-9-7-2/h22-23,25-26,52-53,57H,6-21,24,27-51H2,1-5H3,(H-,55,58,59,60)/b23-22-,26-25-. The maximum absolute atomic E-state index is 12.9.